The fourth-order valence-corrected chi connectivity index (χ4v) is 5.78. The average Bonchev–Trinajstić information content (AvgIpc) is 3.13. The molecule has 4 rings (SSSR count). The van der Waals surface area contributed by atoms with Gasteiger partial charge in [0.1, 0.15) is 0 Å². The number of halogens is 3. The number of nitrogens with zero attached hydrogens (tertiary/aromatic N) is 3. The molecule has 0 radical (unpaired) electrons. The molecule has 0 saturated carbocycles. The van der Waals surface area contributed by atoms with Gasteiger partial charge in [0.05, 0.1) is 17.5 Å². The monoisotopic (exact) mass is 495 g/mol. The van der Waals surface area contributed by atoms with Crippen LogP contribution in [-0.4, -0.2) is 68.5 Å². The molecule has 1 fully saturated rings. The Bertz CT molecular complexity index is 1220. The molecule has 0 N–H and O–H groups in total. The van der Waals surface area contributed by atoms with Crippen LogP contribution < -0.4 is 4.31 Å². The molecule has 1 saturated heterocycles. The van der Waals surface area contributed by atoms with Gasteiger partial charge in [-0.15, -0.1) is 0 Å². The summed E-state index contributed by atoms with van der Waals surface area (Å²) in [5.74, 6) is -0.594. The van der Waals surface area contributed by atoms with E-state index >= 15 is 0 Å². The molecule has 7 nitrogen and oxygen atoms in total. The summed E-state index contributed by atoms with van der Waals surface area (Å²) in [6.07, 6.45) is -2.80. The summed E-state index contributed by atoms with van der Waals surface area (Å²) in [7, 11) is -3.42. The zero-order valence-corrected chi connectivity index (χ0v) is 19.5. The van der Waals surface area contributed by atoms with E-state index in [0.29, 0.717) is 17.7 Å². The van der Waals surface area contributed by atoms with Gasteiger partial charge >= 0.3 is 6.18 Å². The minimum atomic E-state index is -4.47. The number of carbonyl (C=O) groups excluding carboxylic acids is 2. The van der Waals surface area contributed by atoms with Gasteiger partial charge < -0.3 is 9.80 Å². The first-order chi connectivity index (χ1) is 15.9. The number of piperazine rings is 1. The van der Waals surface area contributed by atoms with Crippen LogP contribution in [0.25, 0.3) is 0 Å². The van der Waals surface area contributed by atoms with Crippen LogP contribution in [0.5, 0.6) is 0 Å². The highest BCUT2D eigenvalue weighted by Gasteiger charge is 2.34. The third-order valence-electron chi connectivity index (χ3n) is 6.15. The number of anilines is 1. The van der Waals surface area contributed by atoms with E-state index in [0.717, 1.165) is 36.1 Å². The number of benzene rings is 2. The summed E-state index contributed by atoms with van der Waals surface area (Å²) in [6.45, 7) is 2.91. The number of alkyl halides is 3. The molecule has 2 aliphatic heterocycles. The average molecular weight is 496 g/mol. The normalized spacial score (nSPS) is 18.7. The van der Waals surface area contributed by atoms with Crippen LogP contribution in [0.4, 0.5) is 18.9 Å². The smallest absolute Gasteiger partial charge is 0.335 e. The van der Waals surface area contributed by atoms with Crippen LogP contribution in [0.1, 0.15) is 38.8 Å². The molecule has 182 valence electrons. The molecule has 0 spiro atoms. The molecule has 2 amide bonds. The third kappa shape index (κ3) is 4.61. The lowest BCUT2D eigenvalue weighted by atomic mass is 10.1. The molecular weight excluding hydrogens is 471 g/mol. The fraction of sp³-hybridized carbons (Fsp3) is 0.391. The van der Waals surface area contributed by atoms with E-state index in [9.17, 15) is 31.2 Å². The Morgan fingerprint density at radius 3 is 1.88 bits per heavy atom. The van der Waals surface area contributed by atoms with Gasteiger partial charge in [0.15, 0.2) is 0 Å². The Balaban J connectivity index is 1.41. The van der Waals surface area contributed by atoms with Crippen molar-refractivity contribution >= 4 is 27.5 Å². The zero-order valence-electron chi connectivity index (χ0n) is 18.7. The quantitative estimate of drug-likeness (QED) is 0.656. The lowest BCUT2D eigenvalue weighted by Gasteiger charge is -2.35. The maximum atomic E-state index is 13.0. The SMILES string of the molecule is CC1Cc2cc(C(=O)N3CCN(C(=O)c4ccc(C(F)(F)F)cc4)CC3)ccc2N1S(C)(=O)=O. The highest BCUT2D eigenvalue weighted by molar-refractivity contribution is 7.92. The van der Waals surface area contributed by atoms with E-state index in [1.165, 1.54) is 9.21 Å². The summed E-state index contributed by atoms with van der Waals surface area (Å²) >= 11 is 0. The summed E-state index contributed by atoms with van der Waals surface area (Å²) < 4.78 is 63.8. The van der Waals surface area contributed by atoms with Crippen molar-refractivity contribution in [3.63, 3.8) is 0 Å². The number of sulfonamides is 1. The second kappa shape index (κ2) is 8.61. The van der Waals surface area contributed by atoms with Gasteiger partial charge in [-0.05, 0) is 61.4 Å². The molecule has 2 heterocycles. The highest BCUT2D eigenvalue weighted by atomic mass is 32.2. The van der Waals surface area contributed by atoms with Gasteiger partial charge in [-0.2, -0.15) is 13.2 Å². The first kappa shape index (κ1) is 24.1. The van der Waals surface area contributed by atoms with Crippen LogP contribution in [0.2, 0.25) is 0 Å². The topological polar surface area (TPSA) is 78.0 Å². The molecule has 0 aromatic heterocycles. The van der Waals surface area contributed by atoms with Crippen molar-refractivity contribution in [2.75, 3.05) is 36.7 Å². The number of hydrogen-bond donors (Lipinski definition) is 0. The summed E-state index contributed by atoms with van der Waals surface area (Å²) in [4.78, 5) is 28.8. The van der Waals surface area contributed by atoms with Gasteiger partial charge in [0.25, 0.3) is 11.8 Å². The largest absolute Gasteiger partial charge is 0.416 e. The third-order valence-corrected chi connectivity index (χ3v) is 7.42. The van der Waals surface area contributed by atoms with Crippen molar-refractivity contribution in [3.8, 4) is 0 Å². The molecule has 1 unspecified atom stereocenters. The number of amides is 2. The Morgan fingerprint density at radius 1 is 0.882 bits per heavy atom. The maximum Gasteiger partial charge on any atom is 0.416 e. The van der Waals surface area contributed by atoms with Crippen molar-refractivity contribution in [1.29, 1.82) is 0 Å². The van der Waals surface area contributed by atoms with E-state index in [2.05, 4.69) is 0 Å². The van der Waals surface area contributed by atoms with Crippen LogP contribution in [0.15, 0.2) is 42.5 Å². The molecule has 2 aromatic rings. The molecule has 1 atom stereocenters. The summed E-state index contributed by atoms with van der Waals surface area (Å²) in [5.41, 5.74) is 1.17. The van der Waals surface area contributed by atoms with Crippen molar-refractivity contribution in [2.24, 2.45) is 0 Å². The van der Waals surface area contributed by atoms with Gasteiger partial charge in [-0.1, -0.05) is 0 Å². The Hall–Kier alpha value is -3.08. The van der Waals surface area contributed by atoms with Crippen LogP contribution in [0.3, 0.4) is 0 Å². The molecule has 0 bridgehead atoms. The van der Waals surface area contributed by atoms with E-state index in [1.54, 1.807) is 23.1 Å². The summed E-state index contributed by atoms with van der Waals surface area (Å²) in [6, 6.07) is 8.84. The van der Waals surface area contributed by atoms with E-state index in [4.69, 9.17) is 0 Å². The first-order valence-corrected chi connectivity index (χ1v) is 12.6. The van der Waals surface area contributed by atoms with Crippen molar-refractivity contribution < 1.29 is 31.2 Å². The highest BCUT2D eigenvalue weighted by Crippen LogP contribution is 2.35. The molecule has 2 aliphatic rings. The van der Waals surface area contributed by atoms with Crippen LogP contribution in [0, 0.1) is 0 Å². The van der Waals surface area contributed by atoms with E-state index in [-0.39, 0.29) is 49.6 Å². The second-order valence-electron chi connectivity index (χ2n) is 8.61. The van der Waals surface area contributed by atoms with Crippen LogP contribution in [-0.2, 0) is 22.6 Å². The lowest BCUT2D eigenvalue weighted by Crippen LogP contribution is -2.50. The van der Waals surface area contributed by atoms with Crippen LogP contribution >= 0.6 is 0 Å². The standard InChI is InChI=1S/C23H24F3N3O4S/c1-15-13-18-14-17(5-8-20(18)29(15)34(2,32)33)22(31)28-11-9-27(10-12-28)21(30)16-3-6-19(7-4-16)23(24,25)26/h3-8,14-15H,9-13H2,1-2H3. The number of hydrogen-bond acceptors (Lipinski definition) is 4. The Morgan fingerprint density at radius 2 is 1.38 bits per heavy atom. The predicted molar refractivity (Wildman–Crippen MR) is 120 cm³/mol. The Kier molecular flexibility index (Phi) is 6.09. The molecule has 0 aliphatic carbocycles. The fourth-order valence-electron chi connectivity index (χ4n) is 4.52. The molecule has 11 heteroatoms. The maximum absolute atomic E-state index is 13.0. The number of rotatable bonds is 3. The first-order valence-electron chi connectivity index (χ1n) is 10.7. The van der Waals surface area contributed by atoms with E-state index < -0.39 is 21.8 Å². The molecule has 34 heavy (non-hydrogen) atoms. The molecule has 2 aromatic carbocycles. The van der Waals surface area contributed by atoms with Crippen molar-refractivity contribution in [2.45, 2.75) is 25.6 Å². The zero-order chi connectivity index (χ0) is 24.8. The Labute approximate surface area is 195 Å². The van der Waals surface area contributed by atoms with Gasteiger partial charge in [-0.25, -0.2) is 8.42 Å². The minimum Gasteiger partial charge on any atom is -0.335 e. The van der Waals surface area contributed by atoms with Gasteiger partial charge in [0.2, 0.25) is 10.0 Å². The predicted octanol–water partition coefficient (Wildman–Crippen LogP) is 3.01. The van der Waals surface area contributed by atoms with Gasteiger partial charge in [0, 0.05) is 43.3 Å². The second-order valence-corrected chi connectivity index (χ2v) is 10.5. The minimum absolute atomic E-state index is 0.163. The number of fused-ring (bicyclic) bond motifs is 1. The molecular formula is C23H24F3N3O4S. The summed E-state index contributed by atoms with van der Waals surface area (Å²) in [5, 5.41) is 0. The lowest BCUT2D eigenvalue weighted by molar-refractivity contribution is -0.137. The van der Waals surface area contributed by atoms with Crippen molar-refractivity contribution in [3.05, 3.63) is 64.7 Å². The van der Waals surface area contributed by atoms with Crippen molar-refractivity contribution in [1.82, 2.24) is 9.80 Å². The number of carbonyl (C=O) groups is 2. The van der Waals surface area contributed by atoms with E-state index in [1.807, 2.05) is 6.92 Å². The van der Waals surface area contributed by atoms with Gasteiger partial charge in [-0.3, -0.25) is 13.9 Å².